The zero-order chi connectivity index (χ0) is 65.1. The Balaban J connectivity index is 0.000000363. The number of Topliss-reactive ketones (excluding diaryl/α,β-unsaturated/α-hetero) is 2. The van der Waals surface area contributed by atoms with E-state index >= 15 is 0 Å². The van der Waals surface area contributed by atoms with E-state index in [0.717, 1.165) is 12.1 Å². The monoisotopic (exact) mass is 1210 g/mol. The van der Waals surface area contributed by atoms with Crippen LogP contribution in [0, 0.1) is 41.9 Å². The molecule has 4 aliphatic carbocycles. The van der Waals surface area contributed by atoms with E-state index in [1.165, 1.54) is 40.6 Å². The zero-order valence-electron chi connectivity index (χ0n) is 53.5. The van der Waals surface area contributed by atoms with Crippen LogP contribution >= 0.6 is 0 Å². The number of aryl methyl sites for hydroxylation is 1. The van der Waals surface area contributed by atoms with Gasteiger partial charge in [-0.2, -0.15) is 5.48 Å². The fraction of sp³-hybridized carbons (Fsp3) is 0.515. The number of aliphatic hydroxyl groups is 2. The molecular formula is C68H95N3O16. The first-order chi connectivity index (χ1) is 41.3. The molecule has 8 rings (SSSR count). The predicted octanol–water partition coefficient (Wildman–Crippen LogP) is 9.65. The first-order valence-corrected chi connectivity index (χ1v) is 29.8. The molecule has 2 saturated carbocycles. The number of ketones is 2. The number of fused-ring (bicyclic) bond motifs is 5. The number of hydroxylamine groups is 1. The smallest absolute Gasteiger partial charge is 0.321 e. The van der Waals surface area contributed by atoms with Crippen molar-refractivity contribution in [3.05, 3.63) is 154 Å². The molecule has 1 saturated heterocycles. The molecule has 1 heterocycles. The summed E-state index contributed by atoms with van der Waals surface area (Å²) in [6.07, 6.45) is 2.92. The van der Waals surface area contributed by atoms with Gasteiger partial charge in [0.1, 0.15) is 18.0 Å². The van der Waals surface area contributed by atoms with Crippen LogP contribution < -0.4 is 11.2 Å². The van der Waals surface area contributed by atoms with Crippen molar-refractivity contribution >= 4 is 41.9 Å². The van der Waals surface area contributed by atoms with Gasteiger partial charge in [0, 0.05) is 74.7 Å². The quantitative estimate of drug-likeness (QED) is 0.0143. The molecule has 19 heteroatoms. The number of hydrogen-bond donors (Lipinski definition) is 4. The second-order valence-corrected chi connectivity index (χ2v) is 22.4. The second kappa shape index (κ2) is 36.9. The molecule has 1 aliphatic heterocycles. The summed E-state index contributed by atoms with van der Waals surface area (Å²) in [4.78, 5) is 99.6. The lowest BCUT2D eigenvalue weighted by Crippen LogP contribution is -2.68. The molecule has 0 radical (unpaired) electrons. The summed E-state index contributed by atoms with van der Waals surface area (Å²) in [6, 6.07) is 28.8. The van der Waals surface area contributed by atoms with E-state index in [1.807, 2.05) is 115 Å². The largest absolute Gasteiger partial charge is 0.512 e. The highest BCUT2D eigenvalue weighted by molar-refractivity contribution is 5.94. The Kier molecular flexibility index (Phi) is 31.4. The van der Waals surface area contributed by atoms with E-state index in [0.29, 0.717) is 66.7 Å². The van der Waals surface area contributed by atoms with Crippen molar-refractivity contribution < 1.29 is 77.3 Å². The molecule has 9 unspecified atom stereocenters. The lowest BCUT2D eigenvalue weighted by atomic mass is 9.51. The van der Waals surface area contributed by atoms with E-state index < -0.39 is 65.3 Å². The average molecular weight is 1210 g/mol. The summed E-state index contributed by atoms with van der Waals surface area (Å²) < 4.78 is 23.7. The van der Waals surface area contributed by atoms with Gasteiger partial charge in [-0.15, -0.1) is 0 Å². The highest BCUT2D eigenvalue weighted by atomic mass is 17.2. The third-order valence-electron chi connectivity index (χ3n) is 16.2. The van der Waals surface area contributed by atoms with Crippen molar-refractivity contribution in [3.8, 4) is 0 Å². The number of amides is 1. The predicted molar refractivity (Wildman–Crippen MR) is 331 cm³/mol. The van der Waals surface area contributed by atoms with E-state index in [4.69, 9.17) is 29.5 Å². The number of allylic oxidation sites excluding steroid dienone is 4. The highest BCUT2D eigenvalue weighted by Gasteiger charge is 2.65. The molecule has 19 nitrogen and oxygen atoms in total. The third kappa shape index (κ3) is 21.6. The Morgan fingerprint density at radius 3 is 1.92 bits per heavy atom. The van der Waals surface area contributed by atoms with E-state index in [-0.39, 0.29) is 60.0 Å². The van der Waals surface area contributed by atoms with Crippen molar-refractivity contribution in [2.75, 3.05) is 33.9 Å². The molecule has 0 spiro atoms. The number of nitrogens with one attached hydrogen (secondary N) is 1. The van der Waals surface area contributed by atoms with Gasteiger partial charge < -0.3 is 39.7 Å². The lowest BCUT2D eigenvalue weighted by molar-refractivity contribution is -0.264. The molecule has 5 aliphatic rings. The maximum absolute atomic E-state index is 14.4. The summed E-state index contributed by atoms with van der Waals surface area (Å²) in [7, 11) is 2.92. The summed E-state index contributed by atoms with van der Waals surface area (Å²) in [5.74, 6) is -4.35. The Morgan fingerprint density at radius 1 is 0.862 bits per heavy atom. The summed E-state index contributed by atoms with van der Waals surface area (Å²) in [5, 5.41) is 21.5. The topological polar surface area (TPSA) is 266 Å². The van der Waals surface area contributed by atoms with E-state index in [2.05, 4.69) is 39.2 Å². The number of aliphatic hydroxyl groups excluding tert-OH is 2. The van der Waals surface area contributed by atoms with Gasteiger partial charge in [0.15, 0.2) is 17.7 Å². The molecule has 87 heavy (non-hydrogen) atoms. The highest BCUT2D eigenvalue weighted by Crippen LogP contribution is 2.58. The molecule has 12 atom stereocenters. The van der Waals surface area contributed by atoms with Crippen LogP contribution in [0.3, 0.4) is 0 Å². The van der Waals surface area contributed by atoms with Crippen molar-refractivity contribution in [2.45, 2.75) is 158 Å². The number of nitrogens with two attached hydrogens (primary N) is 1. The molecule has 3 aromatic carbocycles. The second-order valence-electron chi connectivity index (χ2n) is 22.4. The summed E-state index contributed by atoms with van der Waals surface area (Å²) in [5.41, 5.74) is 12.2. The van der Waals surface area contributed by atoms with Gasteiger partial charge >= 0.3 is 17.9 Å². The summed E-state index contributed by atoms with van der Waals surface area (Å²) >= 11 is 0. The number of esters is 2. The van der Waals surface area contributed by atoms with Crippen LogP contribution in [0.1, 0.15) is 124 Å². The standard InChI is InChI=1S/C33H42O9.C17H26N2O4.C7H7NO.C7H8.C2H6O2.C2H6/c1-16(12-20-10-8-7-9-11-20)32(38)42-23-13-21-30(39-15-34)27-25-18(3)40-24(25)14-22(36)26(27)29(37)31(41-19(4)35)28(17(23)2)33(21,5)6;1-5-19(9-8-18-23-14(4)21)16-7-6-15(17(22)11-16)10-12(2)13(3)20;8-7(9)6-4-2-1-3-5-6;1-7-5-3-2-4-6-7;1-3-4-2;1-2/h7-11,15-16,18,21-27,30-31,36H,12-14H2,1-6H3;6-7,10,16,18,22H,5,8-9,11H2,1-4H3;1-5H,(H2,8,9);2-6H,1H3;1-2H3;1-2H3/b;12-10+;;;;/t16?,18?,21?,22?,23?,24-,25?,26?,27?,30-,31-;;;;;/m1...../s1. The van der Waals surface area contributed by atoms with E-state index in [9.17, 15) is 43.8 Å². The SMILES string of the molecule is CC.CC(=O)O[C@H]1C(=O)C2C(O)C[C@H]3OC(C)C3C2[C@H](OC=O)C2CC(OC(=O)C(C)Cc3ccccc3)C(C)=C1C2(C)C.CCN(CCNOC(C)=O)C1C=CC(/C=C(\C)C(C)=O)=C(O)C1.COOC.Cc1ccccc1.NC(=O)c1ccccc1. The average Bonchev–Trinajstić information content (AvgIpc) is 0.719. The fourth-order valence-electron chi connectivity index (χ4n) is 11.8. The number of rotatable bonds is 17. The summed E-state index contributed by atoms with van der Waals surface area (Å²) in [6.45, 7) is 25.8. The first kappa shape index (κ1) is 74.1. The molecular weight excluding hydrogens is 1110 g/mol. The van der Waals surface area contributed by atoms with Crippen molar-refractivity contribution in [1.29, 1.82) is 0 Å². The van der Waals surface area contributed by atoms with Crippen LogP contribution in [0.5, 0.6) is 0 Å². The number of hydrogen-bond acceptors (Lipinski definition) is 18. The molecule has 3 aromatic rings. The van der Waals surface area contributed by atoms with Gasteiger partial charge in [-0.05, 0) is 99.9 Å². The van der Waals surface area contributed by atoms with Gasteiger partial charge in [-0.1, -0.05) is 138 Å². The minimum Gasteiger partial charge on any atom is -0.512 e. The minimum absolute atomic E-state index is 0.00689. The lowest BCUT2D eigenvalue weighted by Gasteiger charge is -2.60. The molecule has 0 aromatic heterocycles. The molecule has 3 fully saturated rings. The Bertz CT molecular complexity index is 2820. The normalized spacial score (nSPS) is 25.0. The number of likely N-dealkylation sites (N-methyl/N-ethyl adjacent to an activating group) is 1. The molecule has 2 bridgehead atoms. The van der Waals surface area contributed by atoms with Gasteiger partial charge in [0.25, 0.3) is 6.47 Å². The van der Waals surface area contributed by atoms with Crippen LogP contribution in [0.4, 0.5) is 0 Å². The first-order valence-electron chi connectivity index (χ1n) is 29.8. The number of benzene rings is 3. The maximum Gasteiger partial charge on any atom is 0.321 e. The maximum atomic E-state index is 14.4. The van der Waals surface area contributed by atoms with Crippen LogP contribution in [-0.4, -0.2) is 133 Å². The molecule has 1 amide bonds. The van der Waals surface area contributed by atoms with Crippen molar-refractivity contribution in [1.82, 2.24) is 10.4 Å². The van der Waals surface area contributed by atoms with Crippen LogP contribution in [0.15, 0.2) is 137 Å². The van der Waals surface area contributed by atoms with E-state index in [1.54, 1.807) is 44.2 Å². The van der Waals surface area contributed by atoms with Crippen LogP contribution in [0.25, 0.3) is 0 Å². The number of carbonyl (C=O) groups excluding carboxylic acids is 7. The number of ether oxygens (including phenoxy) is 4. The Morgan fingerprint density at radius 2 is 1.45 bits per heavy atom. The fourth-order valence-corrected chi connectivity index (χ4v) is 11.8. The number of primary amides is 1. The Hall–Kier alpha value is -7.13. The van der Waals surface area contributed by atoms with Gasteiger partial charge in [-0.25, -0.2) is 9.78 Å². The van der Waals surface area contributed by atoms with Crippen LogP contribution in [-0.2, 0) is 68.7 Å². The molecule has 5 N–H and O–H groups in total. The zero-order valence-corrected chi connectivity index (χ0v) is 53.5. The third-order valence-corrected chi connectivity index (χ3v) is 16.2. The number of nitrogens with zero attached hydrogens (tertiary/aromatic N) is 1. The van der Waals surface area contributed by atoms with Crippen LogP contribution in [0.2, 0.25) is 0 Å². The number of carbonyl (C=O) groups is 7. The van der Waals surface area contributed by atoms with Gasteiger partial charge in [0.05, 0.1) is 44.4 Å². The van der Waals surface area contributed by atoms with Gasteiger partial charge in [0.2, 0.25) is 5.91 Å². The van der Waals surface area contributed by atoms with Crippen molar-refractivity contribution in [2.24, 2.45) is 40.7 Å². The Labute approximate surface area is 514 Å². The molecule has 478 valence electrons. The minimum atomic E-state index is -1.27. The van der Waals surface area contributed by atoms with Crippen molar-refractivity contribution in [3.63, 3.8) is 0 Å². The van der Waals surface area contributed by atoms with Gasteiger partial charge in [-0.3, -0.25) is 38.5 Å².